The van der Waals surface area contributed by atoms with Crippen molar-refractivity contribution in [3.8, 4) is 0 Å². The third kappa shape index (κ3) is 5.07. The third-order valence-corrected chi connectivity index (χ3v) is 4.85. The molecule has 0 saturated carbocycles. The molecule has 1 N–H and O–H groups in total. The van der Waals surface area contributed by atoms with Crippen molar-refractivity contribution in [2.45, 2.75) is 44.6 Å². The van der Waals surface area contributed by atoms with Gasteiger partial charge in [0, 0.05) is 37.3 Å². The molecule has 1 aliphatic rings. The highest BCUT2D eigenvalue weighted by atomic mass is 19.4. The van der Waals surface area contributed by atoms with E-state index >= 15 is 0 Å². The number of halogens is 4. The van der Waals surface area contributed by atoms with Gasteiger partial charge in [-0.1, -0.05) is 6.07 Å². The molecule has 0 aliphatic carbocycles. The van der Waals surface area contributed by atoms with E-state index in [4.69, 9.17) is 0 Å². The van der Waals surface area contributed by atoms with E-state index in [0.29, 0.717) is 38.4 Å². The van der Waals surface area contributed by atoms with Crippen molar-refractivity contribution in [2.75, 3.05) is 6.54 Å². The van der Waals surface area contributed by atoms with E-state index in [1.807, 2.05) is 18.2 Å². The molecule has 28 heavy (non-hydrogen) atoms. The zero-order valence-electron chi connectivity index (χ0n) is 15.2. The van der Waals surface area contributed by atoms with Crippen LogP contribution in [0.2, 0.25) is 0 Å². The van der Waals surface area contributed by atoms with E-state index in [1.165, 1.54) is 4.90 Å². The lowest BCUT2D eigenvalue weighted by Crippen LogP contribution is -2.35. The van der Waals surface area contributed by atoms with Crippen molar-refractivity contribution in [2.24, 2.45) is 0 Å². The van der Waals surface area contributed by atoms with Gasteiger partial charge < -0.3 is 10.2 Å². The summed E-state index contributed by atoms with van der Waals surface area (Å²) in [6.45, 7) is 1.05. The summed E-state index contributed by atoms with van der Waals surface area (Å²) in [5, 5.41) is 3.24. The minimum Gasteiger partial charge on any atom is -0.335 e. The van der Waals surface area contributed by atoms with E-state index in [2.05, 4.69) is 10.3 Å². The molecule has 1 aromatic carbocycles. The van der Waals surface area contributed by atoms with Crippen LogP contribution in [0.5, 0.6) is 0 Å². The standard InChI is InChI=1S/C20H21F4N3O/c21-18-6-4-15(20(22,23)24)11-14(18)13-27-17(5-7-19(27)28)8-10-25-12-16-3-1-2-9-26-16/h1-4,6,9,11,17,25H,5,7-8,10,12-13H2/t17-/m1/s1. The van der Waals surface area contributed by atoms with Crippen LogP contribution in [0.3, 0.4) is 0 Å². The first kappa shape index (κ1) is 20.3. The summed E-state index contributed by atoms with van der Waals surface area (Å²) < 4.78 is 52.7. The number of aromatic nitrogens is 1. The first-order chi connectivity index (χ1) is 13.3. The second kappa shape index (κ2) is 8.68. The molecule has 1 aromatic heterocycles. The molecule has 1 aliphatic heterocycles. The number of nitrogens with zero attached hydrogens (tertiary/aromatic N) is 2. The van der Waals surface area contributed by atoms with Crippen LogP contribution in [0.1, 0.15) is 36.1 Å². The number of alkyl halides is 3. The maximum absolute atomic E-state index is 14.0. The van der Waals surface area contributed by atoms with Crippen LogP contribution in [0.4, 0.5) is 17.6 Å². The maximum Gasteiger partial charge on any atom is 0.416 e. The predicted molar refractivity (Wildman–Crippen MR) is 95.5 cm³/mol. The van der Waals surface area contributed by atoms with Crippen molar-refractivity contribution < 1.29 is 22.4 Å². The minimum absolute atomic E-state index is 0.114. The minimum atomic E-state index is -4.55. The number of rotatable bonds is 7. The van der Waals surface area contributed by atoms with E-state index in [9.17, 15) is 22.4 Å². The Morgan fingerprint density at radius 2 is 2.04 bits per heavy atom. The topological polar surface area (TPSA) is 45.2 Å². The van der Waals surface area contributed by atoms with Crippen LogP contribution in [0.25, 0.3) is 0 Å². The van der Waals surface area contributed by atoms with Gasteiger partial charge in [-0.15, -0.1) is 0 Å². The molecule has 1 amide bonds. The number of benzene rings is 1. The molecule has 150 valence electrons. The monoisotopic (exact) mass is 395 g/mol. The largest absolute Gasteiger partial charge is 0.416 e. The van der Waals surface area contributed by atoms with Gasteiger partial charge in [0.1, 0.15) is 5.82 Å². The SMILES string of the molecule is O=C1CC[C@H](CCNCc2ccccn2)N1Cc1cc(C(F)(F)F)ccc1F. The Morgan fingerprint density at radius 1 is 1.21 bits per heavy atom. The molecule has 0 radical (unpaired) electrons. The Labute approximate surface area is 160 Å². The molecule has 8 heteroatoms. The number of nitrogens with one attached hydrogen (secondary N) is 1. The van der Waals surface area contributed by atoms with Gasteiger partial charge in [0.25, 0.3) is 0 Å². The van der Waals surface area contributed by atoms with Gasteiger partial charge in [0.15, 0.2) is 0 Å². The number of carbonyl (C=O) groups is 1. The summed E-state index contributed by atoms with van der Waals surface area (Å²) in [6, 6.07) is 7.80. The summed E-state index contributed by atoms with van der Waals surface area (Å²) in [5.41, 5.74) is -0.131. The Balaban J connectivity index is 1.60. The lowest BCUT2D eigenvalue weighted by atomic mass is 10.1. The van der Waals surface area contributed by atoms with Crippen LogP contribution < -0.4 is 5.32 Å². The first-order valence-corrected chi connectivity index (χ1v) is 9.10. The average Bonchev–Trinajstić information content (AvgIpc) is 3.00. The highest BCUT2D eigenvalue weighted by molar-refractivity contribution is 5.78. The molecule has 2 aromatic rings. The zero-order valence-corrected chi connectivity index (χ0v) is 15.2. The molecule has 1 fully saturated rings. The van der Waals surface area contributed by atoms with Gasteiger partial charge in [-0.3, -0.25) is 9.78 Å². The summed E-state index contributed by atoms with van der Waals surface area (Å²) in [5.74, 6) is -0.897. The maximum atomic E-state index is 14.0. The van der Waals surface area contributed by atoms with Crippen LogP contribution in [0, 0.1) is 5.82 Å². The third-order valence-electron chi connectivity index (χ3n) is 4.85. The molecule has 1 saturated heterocycles. The van der Waals surface area contributed by atoms with Gasteiger partial charge >= 0.3 is 6.18 Å². The normalized spacial score (nSPS) is 17.4. The highest BCUT2D eigenvalue weighted by Gasteiger charge is 2.33. The van der Waals surface area contributed by atoms with Gasteiger partial charge in [0.05, 0.1) is 11.3 Å². The fourth-order valence-electron chi connectivity index (χ4n) is 3.35. The van der Waals surface area contributed by atoms with Crippen LogP contribution in [-0.2, 0) is 24.1 Å². The average molecular weight is 395 g/mol. The molecular weight excluding hydrogens is 374 g/mol. The first-order valence-electron chi connectivity index (χ1n) is 9.10. The molecular formula is C20H21F4N3O. The number of hydrogen-bond acceptors (Lipinski definition) is 3. The lowest BCUT2D eigenvalue weighted by molar-refractivity contribution is -0.137. The second-order valence-corrected chi connectivity index (χ2v) is 6.80. The number of carbonyl (C=O) groups excluding carboxylic acids is 1. The summed E-state index contributed by atoms with van der Waals surface area (Å²) in [6.07, 6.45) is -1.26. The van der Waals surface area contributed by atoms with E-state index in [1.54, 1.807) is 6.20 Å². The van der Waals surface area contributed by atoms with Gasteiger partial charge in [-0.05, 0) is 49.7 Å². The Morgan fingerprint density at radius 3 is 2.75 bits per heavy atom. The summed E-state index contributed by atoms with van der Waals surface area (Å²) in [7, 11) is 0. The van der Waals surface area contributed by atoms with Crippen molar-refractivity contribution >= 4 is 5.91 Å². The second-order valence-electron chi connectivity index (χ2n) is 6.80. The number of hydrogen-bond donors (Lipinski definition) is 1. The molecule has 0 unspecified atom stereocenters. The summed E-state index contributed by atoms with van der Waals surface area (Å²) in [4.78, 5) is 17.9. The Bertz CT molecular complexity index is 811. The molecule has 1 atom stereocenters. The summed E-state index contributed by atoms with van der Waals surface area (Å²) >= 11 is 0. The molecule has 4 nitrogen and oxygen atoms in total. The number of amides is 1. The van der Waals surface area contributed by atoms with Crippen LogP contribution in [0.15, 0.2) is 42.6 Å². The van der Waals surface area contributed by atoms with Gasteiger partial charge in [-0.2, -0.15) is 13.2 Å². The van der Waals surface area contributed by atoms with Crippen LogP contribution >= 0.6 is 0 Å². The molecule has 0 bridgehead atoms. The van der Waals surface area contributed by atoms with Crippen molar-refractivity contribution in [3.05, 3.63) is 65.2 Å². The Kier molecular flexibility index (Phi) is 6.28. The van der Waals surface area contributed by atoms with E-state index in [-0.39, 0.29) is 24.1 Å². The quantitative estimate of drug-likeness (QED) is 0.571. The van der Waals surface area contributed by atoms with E-state index in [0.717, 1.165) is 17.8 Å². The molecule has 0 spiro atoms. The van der Waals surface area contributed by atoms with Gasteiger partial charge in [-0.25, -0.2) is 4.39 Å². The van der Waals surface area contributed by atoms with E-state index < -0.39 is 17.6 Å². The van der Waals surface area contributed by atoms with Crippen LogP contribution in [-0.4, -0.2) is 28.4 Å². The fraction of sp³-hybridized carbons (Fsp3) is 0.400. The van der Waals surface area contributed by atoms with Crippen molar-refractivity contribution in [3.63, 3.8) is 0 Å². The Hall–Kier alpha value is -2.48. The lowest BCUT2D eigenvalue weighted by Gasteiger charge is -2.25. The predicted octanol–water partition coefficient (Wildman–Crippen LogP) is 3.91. The fourth-order valence-corrected chi connectivity index (χ4v) is 3.35. The van der Waals surface area contributed by atoms with Crippen molar-refractivity contribution in [1.82, 2.24) is 15.2 Å². The van der Waals surface area contributed by atoms with Crippen molar-refractivity contribution in [1.29, 1.82) is 0 Å². The zero-order chi connectivity index (χ0) is 20.1. The number of likely N-dealkylation sites (tertiary alicyclic amines) is 1. The smallest absolute Gasteiger partial charge is 0.335 e. The number of pyridine rings is 1. The molecule has 3 rings (SSSR count). The molecule has 2 heterocycles. The van der Waals surface area contributed by atoms with Gasteiger partial charge in [0.2, 0.25) is 5.91 Å². The highest BCUT2D eigenvalue weighted by Crippen LogP contribution is 2.31.